The van der Waals surface area contributed by atoms with Crippen LogP contribution in [0.25, 0.3) is 5.65 Å². The Bertz CT molecular complexity index is 1000. The third-order valence-electron chi connectivity index (χ3n) is 4.44. The van der Waals surface area contributed by atoms with Crippen molar-refractivity contribution in [2.75, 3.05) is 13.6 Å². The molecule has 0 aliphatic carbocycles. The topological polar surface area (TPSA) is 50.5 Å². The normalized spacial score (nSPS) is 11.8. The highest BCUT2D eigenvalue weighted by Crippen LogP contribution is 2.33. The SMILES string of the molecule is CCc1nc2c(Cl)cc(C(F)(F)F)cn2c1C(=O)N(C)CCc1ccncc1. The van der Waals surface area contributed by atoms with Gasteiger partial charge >= 0.3 is 6.18 Å². The van der Waals surface area contributed by atoms with Crippen LogP contribution in [0.4, 0.5) is 13.2 Å². The van der Waals surface area contributed by atoms with Gasteiger partial charge in [0.25, 0.3) is 5.91 Å². The maximum absolute atomic E-state index is 13.2. The van der Waals surface area contributed by atoms with E-state index in [1.807, 2.05) is 12.1 Å². The van der Waals surface area contributed by atoms with Gasteiger partial charge in [0.15, 0.2) is 5.65 Å². The number of halogens is 4. The van der Waals surface area contributed by atoms with Gasteiger partial charge in [-0.3, -0.25) is 14.2 Å². The van der Waals surface area contributed by atoms with Crippen LogP contribution in [0.2, 0.25) is 5.02 Å². The summed E-state index contributed by atoms with van der Waals surface area (Å²) in [6.07, 6.45) is 0.602. The van der Waals surface area contributed by atoms with Crippen LogP contribution in [0.3, 0.4) is 0 Å². The van der Waals surface area contributed by atoms with Gasteiger partial charge in [-0.1, -0.05) is 18.5 Å². The van der Waals surface area contributed by atoms with Crippen LogP contribution < -0.4 is 0 Å². The average Bonchev–Trinajstić information content (AvgIpc) is 3.04. The molecule has 0 saturated heterocycles. The molecule has 0 unspecified atom stereocenters. The van der Waals surface area contributed by atoms with Crippen LogP contribution in [0.15, 0.2) is 36.8 Å². The molecule has 0 aliphatic heterocycles. The number of fused-ring (bicyclic) bond motifs is 1. The minimum Gasteiger partial charge on any atom is -0.340 e. The number of rotatable bonds is 5. The molecule has 1 amide bonds. The number of aryl methyl sites for hydroxylation is 1. The molecule has 3 heterocycles. The summed E-state index contributed by atoms with van der Waals surface area (Å²) in [6, 6.07) is 4.52. The van der Waals surface area contributed by atoms with E-state index < -0.39 is 17.6 Å². The monoisotopic (exact) mass is 410 g/mol. The van der Waals surface area contributed by atoms with E-state index in [2.05, 4.69) is 9.97 Å². The molecule has 3 aromatic heterocycles. The minimum atomic E-state index is -4.58. The minimum absolute atomic E-state index is 0.0997. The Morgan fingerprint density at radius 2 is 1.96 bits per heavy atom. The molecule has 5 nitrogen and oxygen atoms in total. The lowest BCUT2D eigenvalue weighted by molar-refractivity contribution is -0.137. The predicted octanol–water partition coefficient (Wildman–Crippen LogP) is 4.28. The zero-order valence-corrected chi connectivity index (χ0v) is 16.1. The lowest BCUT2D eigenvalue weighted by atomic mass is 10.2. The summed E-state index contributed by atoms with van der Waals surface area (Å²) in [5.74, 6) is -0.409. The second-order valence-electron chi connectivity index (χ2n) is 6.36. The van der Waals surface area contributed by atoms with E-state index in [1.165, 1.54) is 4.90 Å². The Kier molecular flexibility index (Phi) is 5.60. The third-order valence-corrected chi connectivity index (χ3v) is 4.72. The molecule has 9 heteroatoms. The highest BCUT2D eigenvalue weighted by Gasteiger charge is 2.33. The second-order valence-corrected chi connectivity index (χ2v) is 6.77. The first-order valence-electron chi connectivity index (χ1n) is 8.64. The molecular weight excluding hydrogens is 393 g/mol. The highest BCUT2D eigenvalue weighted by molar-refractivity contribution is 6.33. The van der Waals surface area contributed by atoms with Crippen LogP contribution in [-0.2, 0) is 19.0 Å². The van der Waals surface area contributed by atoms with E-state index in [0.29, 0.717) is 25.1 Å². The third kappa shape index (κ3) is 3.96. The van der Waals surface area contributed by atoms with Crippen LogP contribution in [-0.4, -0.2) is 38.8 Å². The van der Waals surface area contributed by atoms with E-state index in [-0.39, 0.29) is 16.4 Å². The highest BCUT2D eigenvalue weighted by atomic mass is 35.5. The smallest absolute Gasteiger partial charge is 0.340 e. The summed E-state index contributed by atoms with van der Waals surface area (Å²) < 4.78 is 40.7. The van der Waals surface area contributed by atoms with Crippen LogP contribution in [0.5, 0.6) is 0 Å². The zero-order chi connectivity index (χ0) is 20.5. The maximum Gasteiger partial charge on any atom is 0.417 e. The van der Waals surface area contributed by atoms with Crippen LogP contribution >= 0.6 is 11.6 Å². The summed E-state index contributed by atoms with van der Waals surface area (Å²) in [6.45, 7) is 2.18. The van der Waals surface area contributed by atoms with E-state index in [4.69, 9.17) is 11.6 Å². The van der Waals surface area contributed by atoms with Crippen molar-refractivity contribution in [1.82, 2.24) is 19.3 Å². The lowest BCUT2D eigenvalue weighted by Gasteiger charge is -2.18. The number of carbonyl (C=O) groups is 1. The molecule has 0 spiro atoms. The summed E-state index contributed by atoms with van der Waals surface area (Å²) >= 11 is 6.02. The number of carbonyl (C=O) groups excluding carboxylic acids is 1. The van der Waals surface area contributed by atoms with Gasteiger partial charge in [0.1, 0.15) is 5.69 Å². The quantitative estimate of drug-likeness (QED) is 0.631. The number of amides is 1. The van der Waals surface area contributed by atoms with E-state index >= 15 is 0 Å². The van der Waals surface area contributed by atoms with Crippen molar-refractivity contribution in [3.05, 3.63) is 64.3 Å². The number of nitrogens with zero attached hydrogens (tertiary/aromatic N) is 4. The molecule has 0 N–H and O–H groups in total. The first-order valence-corrected chi connectivity index (χ1v) is 9.02. The molecule has 3 aromatic rings. The fourth-order valence-corrected chi connectivity index (χ4v) is 3.16. The van der Waals surface area contributed by atoms with Gasteiger partial charge in [-0.25, -0.2) is 4.98 Å². The Hall–Kier alpha value is -2.61. The molecule has 0 aliphatic rings. The Morgan fingerprint density at radius 1 is 1.29 bits per heavy atom. The molecule has 0 radical (unpaired) electrons. The van der Waals surface area contributed by atoms with Crippen LogP contribution in [0, 0.1) is 0 Å². The van der Waals surface area contributed by atoms with Gasteiger partial charge in [-0.2, -0.15) is 13.2 Å². The number of aromatic nitrogens is 3. The second kappa shape index (κ2) is 7.79. The van der Waals surface area contributed by atoms with Gasteiger partial charge in [-0.15, -0.1) is 0 Å². The number of likely N-dealkylation sites (N-methyl/N-ethyl adjacent to an activating group) is 1. The van der Waals surface area contributed by atoms with Crippen LogP contribution in [0.1, 0.15) is 34.2 Å². The number of hydrogen-bond acceptors (Lipinski definition) is 3. The van der Waals surface area contributed by atoms with E-state index in [0.717, 1.165) is 22.2 Å². The van der Waals surface area contributed by atoms with Gasteiger partial charge in [0, 0.05) is 32.2 Å². The molecular formula is C19H18ClF3N4O. The van der Waals surface area contributed by atoms with Gasteiger partial charge in [-0.05, 0) is 36.6 Å². The van der Waals surface area contributed by atoms with E-state index in [9.17, 15) is 18.0 Å². The molecule has 28 heavy (non-hydrogen) atoms. The van der Waals surface area contributed by atoms with Crippen molar-refractivity contribution in [3.63, 3.8) is 0 Å². The number of alkyl halides is 3. The summed E-state index contributed by atoms with van der Waals surface area (Å²) in [5.41, 5.74) is 0.714. The van der Waals surface area contributed by atoms with Gasteiger partial charge < -0.3 is 4.90 Å². The molecule has 0 fully saturated rings. The molecule has 148 valence electrons. The summed E-state index contributed by atoms with van der Waals surface area (Å²) in [5, 5.41) is -0.150. The number of pyridine rings is 2. The largest absolute Gasteiger partial charge is 0.417 e. The maximum atomic E-state index is 13.2. The van der Waals surface area contributed by atoms with E-state index in [1.54, 1.807) is 26.4 Å². The Labute approximate surface area is 164 Å². The summed E-state index contributed by atoms with van der Waals surface area (Å²) in [7, 11) is 1.61. The first-order chi connectivity index (χ1) is 13.2. The number of hydrogen-bond donors (Lipinski definition) is 0. The van der Waals surface area contributed by atoms with Gasteiger partial charge in [0.2, 0.25) is 0 Å². The van der Waals surface area contributed by atoms with Crippen molar-refractivity contribution < 1.29 is 18.0 Å². The van der Waals surface area contributed by atoms with Gasteiger partial charge in [0.05, 0.1) is 16.3 Å². The number of imidazole rings is 1. The van der Waals surface area contributed by atoms with Crippen molar-refractivity contribution in [3.8, 4) is 0 Å². The standard InChI is InChI=1S/C19H18ClF3N4O/c1-3-15-16(18(28)26(2)9-6-12-4-7-24-8-5-12)27-11-13(19(21,22)23)10-14(20)17(27)25-15/h4-5,7-8,10-11H,3,6,9H2,1-2H3. The molecule has 0 saturated carbocycles. The molecule has 3 rings (SSSR count). The zero-order valence-electron chi connectivity index (χ0n) is 15.3. The average molecular weight is 411 g/mol. The van der Waals surface area contributed by atoms with Crippen molar-refractivity contribution >= 4 is 23.2 Å². The molecule has 0 aromatic carbocycles. The van der Waals surface area contributed by atoms with Crippen molar-refractivity contribution in [2.24, 2.45) is 0 Å². The lowest BCUT2D eigenvalue weighted by Crippen LogP contribution is -2.30. The Balaban J connectivity index is 1.98. The van der Waals surface area contributed by atoms with Crippen molar-refractivity contribution in [1.29, 1.82) is 0 Å². The van der Waals surface area contributed by atoms with Crippen molar-refractivity contribution in [2.45, 2.75) is 25.9 Å². The summed E-state index contributed by atoms with van der Waals surface area (Å²) in [4.78, 5) is 22.7. The Morgan fingerprint density at radius 3 is 2.57 bits per heavy atom. The molecule has 0 atom stereocenters. The predicted molar refractivity (Wildman–Crippen MR) is 99.5 cm³/mol. The fraction of sp³-hybridized carbons (Fsp3) is 0.316. The fourth-order valence-electron chi connectivity index (χ4n) is 2.91. The molecule has 0 bridgehead atoms. The first kappa shape index (κ1) is 20.1.